The molecule has 1 unspecified atom stereocenters. The first-order valence-corrected chi connectivity index (χ1v) is 6.31. The van der Waals surface area contributed by atoms with E-state index in [0.29, 0.717) is 5.92 Å². The highest BCUT2D eigenvalue weighted by Crippen LogP contribution is 2.15. The molecule has 1 aromatic rings. The van der Waals surface area contributed by atoms with Crippen molar-refractivity contribution >= 4 is 11.8 Å². The van der Waals surface area contributed by atoms with Crippen molar-refractivity contribution in [1.82, 2.24) is 5.32 Å². The molecule has 0 spiro atoms. The van der Waals surface area contributed by atoms with Crippen LogP contribution in [0.1, 0.15) is 6.92 Å². The summed E-state index contributed by atoms with van der Waals surface area (Å²) in [6, 6.07) is 10.4. The van der Waals surface area contributed by atoms with Gasteiger partial charge >= 0.3 is 0 Å². The van der Waals surface area contributed by atoms with Gasteiger partial charge in [0.15, 0.2) is 0 Å². The summed E-state index contributed by atoms with van der Waals surface area (Å²) in [4.78, 5) is 1.31. The lowest BCUT2D eigenvalue weighted by atomic mass is 10.2. The second-order valence-corrected chi connectivity index (χ2v) is 4.82. The fourth-order valence-corrected chi connectivity index (χ4v) is 2.00. The standard InChI is InChI=1S/C12H19NOS/c1-11(10-14)9-13-7-8-15-12-5-3-2-4-6-12/h2-6,11,13-14H,7-10H2,1H3. The number of thioether (sulfide) groups is 1. The van der Waals surface area contributed by atoms with E-state index in [1.165, 1.54) is 4.90 Å². The van der Waals surface area contributed by atoms with Crippen molar-refractivity contribution in [2.24, 2.45) is 5.92 Å². The number of aliphatic hydroxyl groups excluding tert-OH is 1. The van der Waals surface area contributed by atoms with E-state index in [0.717, 1.165) is 18.8 Å². The quantitative estimate of drug-likeness (QED) is 0.550. The molecule has 0 saturated carbocycles. The molecule has 0 amide bonds. The minimum absolute atomic E-state index is 0.263. The summed E-state index contributed by atoms with van der Waals surface area (Å²) >= 11 is 1.85. The summed E-state index contributed by atoms with van der Waals surface area (Å²) in [5.41, 5.74) is 0. The average Bonchev–Trinajstić information content (AvgIpc) is 2.29. The third kappa shape index (κ3) is 5.82. The zero-order chi connectivity index (χ0) is 10.9. The molecule has 2 nitrogen and oxygen atoms in total. The van der Waals surface area contributed by atoms with E-state index in [-0.39, 0.29) is 6.61 Å². The van der Waals surface area contributed by atoms with Gasteiger partial charge in [0.1, 0.15) is 0 Å². The monoisotopic (exact) mass is 225 g/mol. The van der Waals surface area contributed by atoms with Gasteiger partial charge in [-0.05, 0) is 24.6 Å². The summed E-state index contributed by atoms with van der Waals surface area (Å²) in [7, 11) is 0. The van der Waals surface area contributed by atoms with Crippen molar-refractivity contribution in [3.05, 3.63) is 30.3 Å². The first-order valence-electron chi connectivity index (χ1n) is 5.32. The fourth-order valence-electron chi connectivity index (χ4n) is 1.17. The third-order valence-corrected chi connectivity index (χ3v) is 3.11. The molecule has 1 rings (SSSR count). The lowest BCUT2D eigenvalue weighted by Gasteiger charge is -2.08. The molecular weight excluding hydrogens is 206 g/mol. The van der Waals surface area contributed by atoms with E-state index < -0.39 is 0 Å². The molecule has 0 bridgehead atoms. The van der Waals surface area contributed by atoms with E-state index in [1.807, 2.05) is 24.8 Å². The Morgan fingerprint density at radius 2 is 2.07 bits per heavy atom. The molecule has 84 valence electrons. The van der Waals surface area contributed by atoms with Crippen LogP contribution in [0.3, 0.4) is 0 Å². The molecule has 0 radical (unpaired) electrons. The van der Waals surface area contributed by atoms with Crippen molar-refractivity contribution in [3.63, 3.8) is 0 Å². The van der Waals surface area contributed by atoms with Gasteiger partial charge in [-0.2, -0.15) is 0 Å². The number of benzene rings is 1. The third-order valence-electron chi connectivity index (χ3n) is 2.10. The van der Waals surface area contributed by atoms with Crippen LogP contribution in [-0.2, 0) is 0 Å². The zero-order valence-corrected chi connectivity index (χ0v) is 9.96. The smallest absolute Gasteiger partial charge is 0.0468 e. The fraction of sp³-hybridized carbons (Fsp3) is 0.500. The van der Waals surface area contributed by atoms with Crippen LogP contribution in [0.4, 0.5) is 0 Å². The number of aliphatic hydroxyl groups is 1. The van der Waals surface area contributed by atoms with Crippen LogP contribution in [0.5, 0.6) is 0 Å². The van der Waals surface area contributed by atoms with Gasteiger partial charge in [-0.25, -0.2) is 0 Å². The van der Waals surface area contributed by atoms with Gasteiger partial charge in [0.25, 0.3) is 0 Å². The second kappa shape index (κ2) is 7.74. The minimum atomic E-state index is 0.263. The Bertz CT molecular complexity index is 253. The van der Waals surface area contributed by atoms with Gasteiger partial charge in [-0.3, -0.25) is 0 Å². The molecule has 0 heterocycles. The van der Waals surface area contributed by atoms with Crippen molar-refractivity contribution in [2.75, 3.05) is 25.4 Å². The molecule has 0 saturated heterocycles. The molecule has 0 aliphatic heterocycles. The molecule has 15 heavy (non-hydrogen) atoms. The molecule has 1 atom stereocenters. The van der Waals surface area contributed by atoms with Crippen LogP contribution in [-0.4, -0.2) is 30.6 Å². The van der Waals surface area contributed by atoms with Crippen molar-refractivity contribution in [2.45, 2.75) is 11.8 Å². The normalized spacial score (nSPS) is 12.7. The van der Waals surface area contributed by atoms with E-state index in [2.05, 4.69) is 29.6 Å². The Balaban J connectivity index is 2.03. The molecule has 3 heteroatoms. The zero-order valence-electron chi connectivity index (χ0n) is 9.15. The van der Waals surface area contributed by atoms with Crippen LogP contribution in [0.25, 0.3) is 0 Å². The summed E-state index contributed by atoms with van der Waals surface area (Å²) < 4.78 is 0. The highest BCUT2D eigenvalue weighted by atomic mass is 32.2. The van der Waals surface area contributed by atoms with E-state index >= 15 is 0 Å². The first-order chi connectivity index (χ1) is 7.33. The second-order valence-electron chi connectivity index (χ2n) is 3.65. The minimum Gasteiger partial charge on any atom is -0.396 e. The number of rotatable bonds is 7. The Morgan fingerprint density at radius 3 is 2.73 bits per heavy atom. The number of hydrogen-bond acceptors (Lipinski definition) is 3. The van der Waals surface area contributed by atoms with Gasteiger partial charge in [0.05, 0.1) is 0 Å². The van der Waals surface area contributed by atoms with Gasteiger partial charge < -0.3 is 10.4 Å². The molecule has 0 aliphatic rings. The number of hydrogen-bond donors (Lipinski definition) is 2. The first kappa shape index (κ1) is 12.6. The molecule has 0 aliphatic carbocycles. The molecule has 0 aromatic heterocycles. The average molecular weight is 225 g/mol. The molecular formula is C12H19NOS. The largest absolute Gasteiger partial charge is 0.396 e. The predicted molar refractivity (Wildman–Crippen MR) is 66.3 cm³/mol. The highest BCUT2D eigenvalue weighted by Gasteiger charge is 1.98. The summed E-state index contributed by atoms with van der Waals surface area (Å²) in [6.45, 7) is 4.19. The van der Waals surface area contributed by atoms with Gasteiger partial charge in [-0.1, -0.05) is 25.1 Å². The maximum absolute atomic E-state index is 8.82. The van der Waals surface area contributed by atoms with Crippen LogP contribution in [0.2, 0.25) is 0 Å². The van der Waals surface area contributed by atoms with Crippen LogP contribution in [0, 0.1) is 5.92 Å². The van der Waals surface area contributed by atoms with Crippen LogP contribution in [0.15, 0.2) is 35.2 Å². The summed E-state index contributed by atoms with van der Waals surface area (Å²) in [5.74, 6) is 1.43. The topological polar surface area (TPSA) is 32.3 Å². The van der Waals surface area contributed by atoms with Gasteiger partial charge in [0, 0.05) is 23.8 Å². The molecule has 0 fully saturated rings. The van der Waals surface area contributed by atoms with Crippen molar-refractivity contribution in [3.8, 4) is 0 Å². The Hall–Kier alpha value is -0.510. The van der Waals surface area contributed by atoms with Crippen molar-refractivity contribution in [1.29, 1.82) is 0 Å². The molecule has 1 aromatic carbocycles. The lowest BCUT2D eigenvalue weighted by Crippen LogP contribution is -2.25. The van der Waals surface area contributed by atoms with Crippen LogP contribution < -0.4 is 5.32 Å². The lowest BCUT2D eigenvalue weighted by molar-refractivity contribution is 0.234. The van der Waals surface area contributed by atoms with Gasteiger partial charge in [0.2, 0.25) is 0 Å². The predicted octanol–water partition coefficient (Wildman–Crippen LogP) is 2.00. The maximum Gasteiger partial charge on any atom is 0.0468 e. The maximum atomic E-state index is 8.82. The number of nitrogens with one attached hydrogen (secondary N) is 1. The summed E-state index contributed by atoms with van der Waals surface area (Å²) in [5, 5.41) is 12.1. The Kier molecular flexibility index (Phi) is 6.48. The molecule has 2 N–H and O–H groups in total. The highest BCUT2D eigenvalue weighted by molar-refractivity contribution is 7.99. The Labute approximate surface area is 96.1 Å². The van der Waals surface area contributed by atoms with E-state index in [4.69, 9.17) is 5.11 Å². The van der Waals surface area contributed by atoms with E-state index in [9.17, 15) is 0 Å². The van der Waals surface area contributed by atoms with Crippen LogP contribution >= 0.6 is 11.8 Å². The summed E-state index contributed by atoms with van der Waals surface area (Å²) in [6.07, 6.45) is 0. The van der Waals surface area contributed by atoms with E-state index in [1.54, 1.807) is 0 Å². The SMILES string of the molecule is CC(CO)CNCCSc1ccccc1. The van der Waals surface area contributed by atoms with Crippen molar-refractivity contribution < 1.29 is 5.11 Å². The Morgan fingerprint density at radius 1 is 1.33 bits per heavy atom. The van der Waals surface area contributed by atoms with Gasteiger partial charge in [-0.15, -0.1) is 11.8 Å².